The van der Waals surface area contributed by atoms with Gasteiger partial charge in [-0.1, -0.05) is 15.9 Å². The Morgan fingerprint density at radius 3 is 2.00 bits per heavy atom. The van der Waals surface area contributed by atoms with Crippen LogP contribution in [0.3, 0.4) is 0 Å². The third-order valence-corrected chi connectivity index (χ3v) is 1.69. The summed E-state index contributed by atoms with van der Waals surface area (Å²) in [4.78, 5) is 0. The molecule has 0 amide bonds. The molecule has 0 heterocycles. The van der Waals surface area contributed by atoms with Crippen molar-refractivity contribution in [2.24, 2.45) is 0 Å². The molecule has 0 saturated carbocycles. The van der Waals surface area contributed by atoms with Crippen molar-refractivity contribution in [1.29, 1.82) is 10.5 Å². The number of allylic oxidation sites excluding steroid dienone is 2. The molecule has 0 aromatic carbocycles. The molecule has 0 atom stereocenters. The number of hydrogen-bond donors (Lipinski definition) is 0. The maximum absolute atomic E-state index is 8.28. The Balaban J connectivity index is 4.49. The van der Waals surface area contributed by atoms with E-state index in [0.29, 0.717) is 5.33 Å². The van der Waals surface area contributed by atoms with E-state index in [9.17, 15) is 0 Å². The third-order valence-electron chi connectivity index (χ3n) is 0.851. The van der Waals surface area contributed by atoms with Gasteiger partial charge in [-0.2, -0.15) is 10.5 Å². The summed E-state index contributed by atoms with van der Waals surface area (Å²) in [5, 5.41) is 17.1. The molecule has 0 unspecified atom stereocenters. The first-order chi connectivity index (χ1) is 4.26. The molecule has 0 aliphatic rings. The van der Waals surface area contributed by atoms with E-state index in [-0.39, 0.29) is 5.57 Å². The van der Waals surface area contributed by atoms with E-state index in [1.54, 1.807) is 19.1 Å². The van der Waals surface area contributed by atoms with Gasteiger partial charge in [-0.25, -0.2) is 0 Å². The minimum absolute atomic E-state index is 0.201. The summed E-state index contributed by atoms with van der Waals surface area (Å²) in [7, 11) is 0. The van der Waals surface area contributed by atoms with Gasteiger partial charge in [0.05, 0.1) is 0 Å². The lowest BCUT2D eigenvalue weighted by Gasteiger charge is -1.88. The number of hydrogen-bond acceptors (Lipinski definition) is 2. The molecule has 0 fully saturated rings. The predicted molar refractivity (Wildman–Crippen MR) is 37.7 cm³/mol. The van der Waals surface area contributed by atoms with Crippen molar-refractivity contribution in [2.75, 3.05) is 5.33 Å². The largest absolute Gasteiger partial charge is 0.192 e. The molecule has 0 aromatic heterocycles. The molecule has 0 spiro atoms. The lowest BCUT2D eigenvalue weighted by atomic mass is 10.2. The number of rotatable bonds is 1. The summed E-state index contributed by atoms with van der Waals surface area (Å²) < 4.78 is 0. The summed E-state index contributed by atoms with van der Waals surface area (Å²) in [6.07, 6.45) is 0. The van der Waals surface area contributed by atoms with Gasteiger partial charge in [-0.15, -0.1) is 0 Å². The van der Waals surface area contributed by atoms with Crippen LogP contribution in [-0.2, 0) is 0 Å². The van der Waals surface area contributed by atoms with Crippen LogP contribution in [-0.4, -0.2) is 5.33 Å². The molecule has 0 aliphatic carbocycles. The summed E-state index contributed by atoms with van der Waals surface area (Å²) in [5.74, 6) is 0. The molecule has 3 heteroatoms. The average molecular weight is 185 g/mol. The van der Waals surface area contributed by atoms with Crippen molar-refractivity contribution >= 4 is 15.9 Å². The zero-order chi connectivity index (χ0) is 7.28. The Morgan fingerprint density at radius 2 is 1.89 bits per heavy atom. The van der Waals surface area contributed by atoms with Crippen LogP contribution >= 0.6 is 15.9 Å². The van der Waals surface area contributed by atoms with E-state index in [1.165, 1.54) is 0 Å². The second-order valence-electron chi connectivity index (χ2n) is 1.51. The number of halogens is 1. The third kappa shape index (κ3) is 2.30. The number of alkyl halides is 1. The van der Waals surface area contributed by atoms with Gasteiger partial charge in [0.1, 0.15) is 17.7 Å². The van der Waals surface area contributed by atoms with E-state index in [2.05, 4.69) is 15.9 Å². The molecule has 46 valence electrons. The fourth-order valence-corrected chi connectivity index (χ4v) is 0.563. The van der Waals surface area contributed by atoms with Crippen LogP contribution in [0.25, 0.3) is 0 Å². The molecule has 0 rings (SSSR count). The fourth-order valence-electron chi connectivity index (χ4n) is 0.283. The van der Waals surface area contributed by atoms with Crippen molar-refractivity contribution < 1.29 is 0 Å². The van der Waals surface area contributed by atoms with Crippen molar-refractivity contribution in [3.8, 4) is 12.1 Å². The highest BCUT2D eigenvalue weighted by atomic mass is 79.9. The maximum atomic E-state index is 8.28. The zero-order valence-electron chi connectivity index (χ0n) is 4.98. The molecule has 0 bridgehead atoms. The van der Waals surface area contributed by atoms with Crippen LogP contribution in [0.1, 0.15) is 6.92 Å². The Bertz CT molecular complexity index is 188. The molecule has 0 aliphatic heterocycles. The van der Waals surface area contributed by atoms with Crippen molar-refractivity contribution in [3.63, 3.8) is 0 Å². The van der Waals surface area contributed by atoms with E-state index in [4.69, 9.17) is 10.5 Å². The lowest BCUT2D eigenvalue weighted by Crippen LogP contribution is -1.82. The highest BCUT2D eigenvalue weighted by Crippen LogP contribution is 2.03. The first-order valence-corrected chi connectivity index (χ1v) is 3.44. The van der Waals surface area contributed by atoms with Gasteiger partial charge in [0.2, 0.25) is 0 Å². The summed E-state index contributed by atoms with van der Waals surface area (Å²) in [5.41, 5.74) is 0.979. The van der Waals surface area contributed by atoms with Crippen LogP contribution in [0, 0.1) is 22.7 Å². The van der Waals surface area contributed by atoms with Crippen LogP contribution < -0.4 is 0 Å². The fraction of sp³-hybridized carbons (Fsp3) is 0.333. The SMILES string of the molecule is CC(CBr)=C(C#N)C#N. The average Bonchev–Trinajstić information content (AvgIpc) is 1.90. The van der Waals surface area contributed by atoms with Crippen LogP contribution in [0.2, 0.25) is 0 Å². The van der Waals surface area contributed by atoms with E-state index in [1.807, 2.05) is 0 Å². The van der Waals surface area contributed by atoms with Crippen molar-refractivity contribution in [1.82, 2.24) is 0 Å². The Hall–Kier alpha value is -0.800. The highest BCUT2D eigenvalue weighted by molar-refractivity contribution is 9.09. The monoisotopic (exact) mass is 184 g/mol. The minimum Gasteiger partial charge on any atom is -0.192 e. The molecule has 0 saturated heterocycles. The molecular weight excluding hydrogens is 180 g/mol. The van der Waals surface area contributed by atoms with Gasteiger partial charge in [-0.05, 0) is 12.5 Å². The number of nitriles is 2. The van der Waals surface area contributed by atoms with Crippen LogP contribution in [0.5, 0.6) is 0 Å². The van der Waals surface area contributed by atoms with Gasteiger partial charge in [0.25, 0.3) is 0 Å². The number of nitrogens with zero attached hydrogens (tertiary/aromatic N) is 2. The smallest absolute Gasteiger partial charge is 0.129 e. The summed E-state index contributed by atoms with van der Waals surface area (Å²) >= 11 is 3.14. The molecule has 2 nitrogen and oxygen atoms in total. The first kappa shape index (κ1) is 8.20. The lowest BCUT2D eigenvalue weighted by molar-refractivity contribution is 1.35. The molecule has 0 radical (unpaired) electrons. The Morgan fingerprint density at radius 1 is 1.44 bits per heavy atom. The quantitative estimate of drug-likeness (QED) is 0.461. The second-order valence-corrected chi connectivity index (χ2v) is 2.07. The van der Waals surface area contributed by atoms with E-state index in [0.717, 1.165) is 5.57 Å². The molecule has 0 N–H and O–H groups in total. The predicted octanol–water partition coefficient (Wildman–Crippen LogP) is 1.74. The summed E-state index contributed by atoms with van der Waals surface area (Å²) in [6.45, 7) is 1.75. The second kappa shape index (κ2) is 4.12. The van der Waals surface area contributed by atoms with Gasteiger partial charge in [0.15, 0.2) is 0 Å². The van der Waals surface area contributed by atoms with E-state index >= 15 is 0 Å². The molecule has 9 heavy (non-hydrogen) atoms. The van der Waals surface area contributed by atoms with E-state index < -0.39 is 0 Å². The van der Waals surface area contributed by atoms with Gasteiger partial charge < -0.3 is 0 Å². The maximum Gasteiger partial charge on any atom is 0.129 e. The first-order valence-electron chi connectivity index (χ1n) is 2.32. The van der Waals surface area contributed by atoms with Crippen LogP contribution in [0.4, 0.5) is 0 Å². The van der Waals surface area contributed by atoms with Gasteiger partial charge >= 0.3 is 0 Å². The van der Waals surface area contributed by atoms with Crippen molar-refractivity contribution in [2.45, 2.75) is 6.92 Å². The highest BCUT2D eigenvalue weighted by Gasteiger charge is 1.96. The topological polar surface area (TPSA) is 47.6 Å². The summed E-state index contributed by atoms with van der Waals surface area (Å²) in [6, 6.07) is 3.58. The molecular formula is C6H5BrN2. The van der Waals surface area contributed by atoms with Gasteiger partial charge in [0, 0.05) is 5.33 Å². The van der Waals surface area contributed by atoms with Crippen molar-refractivity contribution in [3.05, 3.63) is 11.1 Å². The molecule has 0 aromatic rings. The zero-order valence-corrected chi connectivity index (χ0v) is 6.57. The Labute approximate surface area is 62.5 Å². The standard InChI is InChI=1S/C6H5BrN2/c1-5(2-7)6(3-8)4-9/h2H2,1H3. The van der Waals surface area contributed by atoms with Crippen LogP contribution in [0.15, 0.2) is 11.1 Å². The normalized spacial score (nSPS) is 7.11. The van der Waals surface area contributed by atoms with Gasteiger partial charge in [-0.3, -0.25) is 0 Å². The Kier molecular flexibility index (Phi) is 3.75. The minimum atomic E-state index is 0.201.